The number of aryl methyl sites for hydroxylation is 1. The fourth-order valence-electron chi connectivity index (χ4n) is 2.18. The minimum absolute atomic E-state index is 0.0792. The third-order valence-electron chi connectivity index (χ3n) is 3.43. The maximum Gasteiger partial charge on any atom is 0.338 e. The molecule has 2 N–H and O–H groups in total. The Kier molecular flexibility index (Phi) is 4.97. The van der Waals surface area contributed by atoms with E-state index < -0.39 is 16.0 Å². The predicted octanol–water partition coefficient (Wildman–Crippen LogP) is 1.37. The fraction of sp³-hybridized carbons (Fsp3) is 0.500. The number of benzene rings is 1. The molecule has 2 rings (SSSR count). The van der Waals surface area contributed by atoms with Crippen molar-refractivity contribution in [1.29, 1.82) is 0 Å². The molecule has 1 unspecified atom stereocenters. The van der Waals surface area contributed by atoms with Crippen molar-refractivity contribution in [3.8, 4) is 0 Å². The van der Waals surface area contributed by atoms with Crippen LogP contribution in [0.4, 0.5) is 0 Å². The van der Waals surface area contributed by atoms with Crippen molar-refractivity contribution in [3.05, 3.63) is 29.3 Å². The molecule has 1 heterocycles. The van der Waals surface area contributed by atoms with E-state index >= 15 is 0 Å². The highest BCUT2D eigenvalue weighted by Gasteiger charge is 2.19. The first-order valence-corrected chi connectivity index (χ1v) is 8.35. The highest BCUT2D eigenvalue weighted by Crippen LogP contribution is 2.17. The molecule has 1 aliphatic rings. The predicted molar refractivity (Wildman–Crippen MR) is 76.4 cm³/mol. The third-order valence-corrected chi connectivity index (χ3v) is 4.34. The van der Waals surface area contributed by atoms with Crippen molar-refractivity contribution in [2.75, 3.05) is 13.2 Å². The minimum atomic E-state index is -3.84. The van der Waals surface area contributed by atoms with Gasteiger partial charge in [0.1, 0.15) is 6.61 Å². The van der Waals surface area contributed by atoms with E-state index in [2.05, 4.69) is 0 Å². The average molecular weight is 313 g/mol. The number of rotatable bonds is 4. The highest BCUT2D eigenvalue weighted by atomic mass is 32.2. The number of nitrogens with two attached hydrogens (primary N) is 1. The molecule has 21 heavy (non-hydrogen) atoms. The first-order valence-electron chi connectivity index (χ1n) is 6.80. The molecular weight excluding hydrogens is 294 g/mol. The van der Waals surface area contributed by atoms with Crippen LogP contribution in [-0.2, 0) is 19.5 Å². The molecule has 1 atom stereocenters. The summed E-state index contributed by atoms with van der Waals surface area (Å²) in [6, 6.07) is 4.15. The number of sulfonamides is 1. The Morgan fingerprint density at radius 2 is 2.19 bits per heavy atom. The van der Waals surface area contributed by atoms with Gasteiger partial charge in [-0.05, 0) is 43.9 Å². The summed E-state index contributed by atoms with van der Waals surface area (Å²) in [6.45, 7) is 2.57. The number of hydrogen-bond acceptors (Lipinski definition) is 5. The summed E-state index contributed by atoms with van der Waals surface area (Å²) >= 11 is 0. The maximum atomic E-state index is 12.1. The zero-order valence-corrected chi connectivity index (χ0v) is 12.7. The summed E-state index contributed by atoms with van der Waals surface area (Å²) in [5.41, 5.74) is 0.842. The van der Waals surface area contributed by atoms with Crippen molar-refractivity contribution in [2.45, 2.75) is 37.2 Å². The van der Waals surface area contributed by atoms with Gasteiger partial charge in [0.2, 0.25) is 10.0 Å². The Bertz CT molecular complexity index is 620. The number of hydrogen-bond donors (Lipinski definition) is 1. The van der Waals surface area contributed by atoms with E-state index in [-0.39, 0.29) is 23.2 Å². The van der Waals surface area contributed by atoms with Crippen molar-refractivity contribution in [2.24, 2.45) is 5.14 Å². The molecule has 0 radical (unpaired) electrons. The lowest BCUT2D eigenvalue weighted by Crippen LogP contribution is -2.26. The lowest BCUT2D eigenvalue weighted by molar-refractivity contribution is -0.0300. The Hall–Kier alpha value is -1.44. The van der Waals surface area contributed by atoms with Crippen LogP contribution in [0.3, 0.4) is 0 Å². The molecule has 1 aliphatic heterocycles. The van der Waals surface area contributed by atoms with Crippen molar-refractivity contribution < 1.29 is 22.7 Å². The van der Waals surface area contributed by atoms with Gasteiger partial charge in [0, 0.05) is 6.61 Å². The standard InChI is InChI=1S/C14H19NO5S/c1-10-5-6-12(21(15,17)18)8-13(10)14(16)20-9-11-4-2-3-7-19-11/h5-6,8,11H,2-4,7,9H2,1H3,(H2,15,17,18). The van der Waals surface area contributed by atoms with E-state index in [0.29, 0.717) is 12.2 Å². The SMILES string of the molecule is Cc1ccc(S(N)(=O)=O)cc1C(=O)OCC1CCCCO1. The van der Waals surface area contributed by atoms with Crippen LogP contribution >= 0.6 is 0 Å². The molecule has 0 spiro atoms. The molecule has 0 bridgehead atoms. The molecule has 6 nitrogen and oxygen atoms in total. The van der Waals surface area contributed by atoms with Gasteiger partial charge >= 0.3 is 5.97 Å². The lowest BCUT2D eigenvalue weighted by atomic mass is 10.1. The molecule has 0 aromatic heterocycles. The Labute approximate surface area is 124 Å². The maximum absolute atomic E-state index is 12.1. The quantitative estimate of drug-likeness (QED) is 0.847. The van der Waals surface area contributed by atoms with E-state index in [9.17, 15) is 13.2 Å². The van der Waals surface area contributed by atoms with Gasteiger partial charge in [-0.3, -0.25) is 0 Å². The zero-order valence-electron chi connectivity index (χ0n) is 11.9. The summed E-state index contributed by atoms with van der Waals surface area (Å²) in [5, 5.41) is 5.07. The molecule has 0 amide bonds. The topological polar surface area (TPSA) is 95.7 Å². The second-order valence-electron chi connectivity index (χ2n) is 5.11. The van der Waals surface area contributed by atoms with Crippen LogP contribution in [0.2, 0.25) is 0 Å². The second kappa shape index (κ2) is 6.55. The van der Waals surface area contributed by atoms with Crippen molar-refractivity contribution in [1.82, 2.24) is 0 Å². The van der Waals surface area contributed by atoms with E-state index in [1.165, 1.54) is 18.2 Å². The lowest BCUT2D eigenvalue weighted by Gasteiger charge is -2.22. The summed E-state index contributed by atoms with van der Waals surface area (Å²) in [5.74, 6) is -0.563. The highest BCUT2D eigenvalue weighted by molar-refractivity contribution is 7.89. The van der Waals surface area contributed by atoms with Gasteiger partial charge in [-0.1, -0.05) is 6.07 Å². The third kappa shape index (κ3) is 4.26. The molecular formula is C14H19NO5S. The van der Waals surface area contributed by atoms with Gasteiger partial charge in [-0.15, -0.1) is 0 Å². The normalized spacial score (nSPS) is 19.2. The molecule has 0 saturated carbocycles. The molecule has 1 aromatic carbocycles. The van der Waals surface area contributed by atoms with Crippen molar-refractivity contribution in [3.63, 3.8) is 0 Å². The second-order valence-corrected chi connectivity index (χ2v) is 6.67. The number of esters is 1. The Morgan fingerprint density at radius 1 is 1.43 bits per heavy atom. The molecule has 1 fully saturated rings. The van der Waals surface area contributed by atoms with Gasteiger partial charge in [0.15, 0.2) is 0 Å². The van der Waals surface area contributed by atoms with Gasteiger partial charge in [-0.2, -0.15) is 0 Å². The van der Waals surface area contributed by atoms with E-state index in [1.807, 2.05) is 0 Å². The van der Waals surface area contributed by atoms with Crippen LogP contribution in [0, 0.1) is 6.92 Å². The number of primary sulfonamides is 1. The van der Waals surface area contributed by atoms with Gasteiger partial charge in [-0.25, -0.2) is 18.4 Å². The van der Waals surface area contributed by atoms with Gasteiger partial charge in [0.25, 0.3) is 0 Å². The molecule has 1 aromatic rings. The van der Waals surface area contributed by atoms with Crippen LogP contribution in [0.5, 0.6) is 0 Å². The van der Waals surface area contributed by atoms with Gasteiger partial charge < -0.3 is 9.47 Å². The van der Waals surface area contributed by atoms with Gasteiger partial charge in [0.05, 0.1) is 16.6 Å². The first kappa shape index (κ1) is 15.9. The number of carbonyl (C=O) groups excluding carboxylic acids is 1. The molecule has 0 aliphatic carbocycles. The molecule has 7 heteroatoms. The van der Waals surface area contributed by atoms with E-state index in [1.54, 1.807) is 6.92 Å². The average Bonchev–Trinajstić information content (AvgIpc) is 2.45. The Balaban J connectivity index is 2.07. The van der Waals surface area contributed by atoms with Crippen LogP contribution < -0.4 is 5.14 Å². The van der Waals surface area contributed by atoms with Crippen molar-refractivity contribution >= 4 is 16.0 Å². The van der Waals surface area contributed by atoms with Crippen LogP contribution in [0.1, 0.15) is 35.2 Å². The summed E-state index contributed by atoms with van der Waals surface area (Å²) in [7, 11) is -3.84. The monoisotopic (exact) mass is 313 g/mol. The van der Waals surface area contributed by atoms with E-state index in [4.69, 9.17) is 14.6 Å². The summed E-state index contributed by atoms with van der Waals surface area (Å²) in [6.07, 6.45) is 2.87. The summed E-state index contributed by atoms with van der Waals surface area (Å²) in [4.78, 5) is 12.0. The zero-order chi connectivity index (χ0) is 15.5. The number of ether oxygens (including phenoxy) is 2. The van der Waals surface area contributed by atoms with Crippen LogP contribution in [0.15, 0.2) is 23.1 Å². The van der Waals surface area contributed by atoms with Crippen LogP contribution in [-0.4, -0.2) is 33.7 Å². The number of carbonyl (C=O) groups is 1. The Morgan fingerprint density at radius 3 is 2.81 bits per heavy atom. The largest absolute Gasteiger partial charge is 0.459 e. The summed E-state index contributed by atoms with van der Waals surface area (Å²) < 4.78 is 33.4. The molecule has 116 valence electrons. The van der Waals surface area contributed by atoms with E-state index in [0.717, 1.165) is 19.3 Å². The van der Waals surface area contributed by atoms with Crippen LogP contribution in [0.25, 0.3) is 0 Å². The smallest absolute Gasteiger partial charge is 0.338 e. The minimum Gasteiger partial charge on any atom is -0.459 e. The molecule has 1 saturated heterocycles. The fourth-order valence-corrected chi connectivity index (χ4v) is 2.72. The first-order chi connectivity index (χ1) is 9.88.